The van der Waals surface area contributed by atoms with Crippen molar-refractivity contribution in [2.24, 2.45) is 0 Å². The summed E-state index contributed by atoms with van der Waals surface area (Å²) in [6.07, 6.45) is 3.91. The van der Waals surface area contributed by atoms with E-state index in [9.17, 15) is 9.18 Å². The van der Waals surface area contributed by atoms with Crippen molar-refractivity contribution >= 4 is 17.7 Å². The van der Waals surface area contributed by atoms with E-state index in [1.165, 1.54) is 23.9 Å². The summed E-state index contributed by atoms with van der Waals surface area (Å²) in [6.45, 7) is 1.75. The second kappa shape index (κ2) is 6.30. The predicted molar refractivity (Wildman–Crippen MR) is 80.5 cm³/mol. The molecule has 1 aliphatic rings. The lowest BCUT2D eigenvalue weighted by Gasteiger charge is -2.13. The van der Waals surface area contributed by atoms with E-state index in [0.717, 1.165) is 37.2 Å². The van der Waals surface area contributed by atoms with Gasteiger partial charge in [-0.1, -0.05) is 11.8 Å². The maximum absolute atomic E-state index is 12.9. The van der Waals surface area contributed by atoms with E-state index in [2.05, 4.69) is 9.97 Å². The first-order valence-electron chi connectivity index (χ1n) is 6.94. The Morgan fingerprint density at radius 2 is 2.00 bits per heavy atom. The van der Waals surface area contributed by atoms with Gasteiger partial charge in [0.15, 0.2) is 5.16 Å². The molecule has 2 aromatic rings. The smallest absolute Gasteiger partial charge is 0.233 e. The quantitative estimate of drug-likeness (QED) is 0.884. The molecule has 21 heavy (non-hydrogen) atoms. The maximum atomic E-state index is 12.9. The molecule has 0 aliphatic carbocycles. The summed E-state index contributed by atoms with van der Waals surface area (Å²) in [7, 11) is 0. The van der Waals surface area contributed by atoms with E-state index in [1.807, 2.05) is 4.90 Å². The largest absolute Gasteiger partial charge is 0.342 e. The van der Waals surface area contributed by atoms with E-state index in [4.69, 9.17) is 0 Å². The summed E-state index contributed by atoms with van der Waals surface area (Å²) in [6, 6.07) is 6.24. The number of aromatic amines is 1. The Bertz CT molecular complexity index is 620. The van der Waals surface area contributed by atoms with Gasteiger partial charge in [-0.15, -0.1) is 0 Å². The van der Waals surface area contributed by atoms with Crippen LogP contribution >= 0.6 is 11.8 Å². The van der Waals surface area contributed by atoms with Crippen molar-refractivity contribution in [3.63, 3.8) is 0 Å². The molecule has 110 valence electrons. The highest BCUT2D eigenvalue weighted by Gasteiger charge is 2.18. The molecule has 1 N–H and O–H groups in total. The van der Waals surface area contributed by atoms with Crippen LogP contribution in [0.3, 0.4) is 0 Å². The van der Waals surface area contributed by atoms with Crippen LogP contribution in [0, 0.1) is 5.82 Å². The second-order valence-corrected chi connectivity index (χ2v) is 5.95. The van der Waals surface area contributed by atoms with Gasteiger partial charge in [-0.05, 0) is 42.7 Å². The van der Waals surface area contributed by atoms with Gasteiger partial charge in [-0.25, -0.2) is 9.37 Å². The van der Waals surface area contributed by atoms with Crippen LogP contribution in [0.1, 0.15) is 12.8 Å². The highest BCUT2D eigenvalue weighted by molar-refractivity contribution is 7.99. The third kappa shape index (κ3) is 3.44. The number of carbonyl (C=O) groups is 1. The van der Waals surface area contributed by atoms with Crippen molar-refractivity contribution in [2.45, 2.75) is 18.0 Å². The van der Waals surface area contributed by atoms with Crippen LogP contribution in [0.15, 0.2) is 35.6 Å². The summed E-state index contributed by atoms with van der Waals surface area (Å²) >= 11 is 1.40. The molecule has 0 bridgehead atoms. The molecule has 0 atom stereocenters. The van der Waals surface area contributed by atoms with Gasteiger partial charge in [0, 0.05) is 13.1 Å². The Labute approximate surface area is 126 Å². The van der Waals surface area contributed by atoms with Crippen molar-refractivity contribution in [1.29, 1.82) is 0 Å². The Kier molecular flexibility index (Phi) is 4.24. The van der Waals surface area contributed by atoms with Gasteiger partial charge < -0.3 is 9.88 Å². The molecule has 0 spiro atoms. The van der Waals surface area contributed by atoms with Crippen LogP contribution in [0.5, 0.6) is 0 Å². The van der Waals surface area contributed by atoms with Crippen LogP contribution in [-0.4, -0.2) is 39.6 Å². The Morgan fingerprint density at radius 1 is 1.29 bits per heavy atom. The molecule has 1 aromatic heterocycles. The number of aromatic nitrogens is 2. The lowest BCUT2D eigenvalue weighted by molar-refractivity contribution is -0.127. The number of hydrogen-bond acceptors (Lipinski definition) is 3. The second-order valence-electron chi connectivity index (χ2n) is 4.99. The van der Waals surface area contributed by atoms with E-state index < -0.39 is 0 Å². The molecular weight excluding hydrogens is 289 g/mol. The lowest BCUT2D eigenvalue weighted by atomic mass is 10.2. The molecule has 0 unspecified atom stereocenters. The molecule has 0 saturated carbocycles. The molecule has 1 fully saturated rings. The van der Waals surface area contributed by atoms with Crippen molar-refractivity contribution < 1.29 is 9.18 Å². The summed E-state index contributed by atoms with van der Waals surface area (Å²) < 4.78 is 12.9. The lowest BCUT2D eigenvalue weighted by Crippen LogP contribution is -2.29. The first-order chi connectivity index (χ1) is 10.2. The zero-order chi connectivity index (χ0) is 14.7. The molecule has 6 heteroatoms. The van der Waals surface area contributed by atoms with Crippen molar-refractivity contribution in [3.8, 4) is 11.3 Å². The zero-order valence-electron chi connectivity index (χ0n) is 11.5. The third-order valence-corrected chi connectivity index (χ3v) is 4.37. The van der Waals surface area contributed by atoms with Crippen molar-refractivity contribution in [1.82, 2.24) is 14.9 Å². The van der Waals surface area contributed by atoms with E-state index in [1.54, 1.807) is 18.3 Å². The summed E-state index contributed by atoms with van der Waals surface area (Å²) in [5, 5.41) is 0.710. The molecule has 3 rings (SSSR count). The average Bonchev–Trinajstić information content (AvgIpc) is 3.17. The summed E-state index contributed by atoms with van der Waals surface area (Å²) in [4.78, 5) is 21.3. The van der Waals surface area contributed by atoms with Gasteiger partial charge in [0.05, 0.1) is 17.6 Å². The Hall–Kier alpha value is -1.82. The molecule has 1 aliphatic heterocycles. The number of rotatable bonds is 4. The number of benzene rings is 1. The minimum atomic E-state index is -0.260. The molecule has 2 heterocycles. The SMILES string of the molecule is O=C(CSc1ncc(-c2ccc(F)cc2)[nH]1)N1CCCC1. The van der Waals surface area contributed by atoms with Crippen LogP contribution in [0.4, 0.5) is 4.39 Å². The molecule has 1 aromatic carbocycles. The van der Waals surface area contributed by atoms with Crippen molar-refractivity contribution in [3.05, 3.63) is 36.3 Å². The third-order valence-electron chi connectivity index (χ3n) is 3.50. The first-order valence-corrected chi connectivity index (χ1v) is 7.92. The van der Waals surface area contributed by atoms with Gasteiger partial charge in [-0.2, -0.15) is 0 Å². The number of likely N-dealkylation sites (tertiary alicyclic amines) is 1. The zero-order valence-corrected chi connectivity index (χ0v) is 12.3. The topological polar surface area (TPSA) is 49.0 Å². The van der Waals surface area contributed by atoms with Gasteiger partial charge >= 0.3 is 0 Å². The van der Waals surface area contributed by atoms with Gasteiger partial charge in [-0.3, -0.25) is 4.79 Å². The summed E-state index contributed by atoms with van der Waals surface area (Å²) in [5.41, 5.74) is 1.70. The van der Waals surface area contributed by atoms with Crippen LogP contribution in [-0.2, 0) is 4.79 Å². The number of nitrogens with zero attached hydrogens (tertiary/aromatic N) is 2. The molecule has 1 saturated heterocycles. The number of nitrogens with one attached hydrogen (secondary N) is 1. The molecule has 1 amide bonds. The first kappa shape index (κ1) is 14.1. The number of hydrogen-bond donors (Lipinski definition) is 1. The average molecular weight is 305 g/mol. The highest BCUT2D eigenvalue weighted by Crippen LogP contribution is 2.22. The minimum absolute atomic E-state index is 0.164. The van der Waals surface area contributed by atoms with Crippen LogP contribution in [0.25, 0.3) is 11.3 Å². The number of imidazole rings is 1. The van der Waals surface area contributed by atoms with Gasteiger partial charge in [0.1, 0.15) is 5.82 Å². The maximum Gasteiger partial charge on any atom is 0.233 e. The number of carbonyl (C=O) groups excluding carboxylic acids is 1. The van der Waals surface area contributed by atoms with Crippen LogP contribution < -0.4 is 0 Å². The normalized spacial score (nSPS) is 14.6. The highest BCUT2D eigenvalue weighted by atomic mass is 32.2. The fourth-order valence-electron chi connectivity index (χ4n) is 2.34. The standard InChI is InChI=1S/C15H16FN3OS/c16-12-5-3-11(4-6-12)13-9-17-15(18-13)21-10-14(20)19-7-1-2-8-19/h3-6,9H,1-2,7-8,10H2,(H,17,18). The number of H-pyrrole nitrogens is 1. The Morgan fingerprint density at radius 3 is 2.71 bits per heavy atom. The van der Waals surface area contributed by atoms with E-state index in [-0.39, 0.29) is 11.7 Å². The molecular formula is C15H16FN3OS. The Balaban J connectivity index is 1.60. The van der Waals surface area contributed by atoms with E-state index >= 15 is 0 Å². The number of halogens is 1. The van der Waals surface area contributed by atoms with Gasteiger partial charge in [0.25, 0.3) is 0 Å². The number of thioether (sulfide) groups is 1. The number of amides is 1. The van der Waals surface area contributed by atoms with Crippen LogP contribution in [0.2, 0.25) is 0 Å². The van der Waals surface area contributed by atoms with Gasteiger partial charge in [0.2, 0.25) is 5.91 Å². The molecule has 0 radical (unpaired) electrons. The fraction of sp³-hybridized carbons (Fsp3) is 0.333. The fourth-order valence-corrected chi connectivity index (χ4v) is 3.09. The van der Waals surface area contributed by atoms with E-state index in [0.29, 0.717) is 10.9 Å². The summed E-state index contributed by atoms with van der Waals surface area (Å²) in [5.74, 6) is 0.303. The predicted octanol–water partition coefficient (Wildman–Crippen LogP) is 2.93. The molecule has 4 nitrogen and oxygen atoms in total. The van der Waals surface area contributed by atoms with Crippen molar-refractivity contribution in [2.75, 3.05) is 18.8 Å². The monoisotopic (exact) mass is 305 g/mol. The minimum Gasteiger partial charge on any atom is -0.342 e.